The second-order valence-electron chi connectivity index (χ2n) is 4.43. The number of likely N-dealkylation sites (tertiary alicyclic amines) is 1. The highest BCUT2D eigenvalue weighted by atomic mass is 19.3. The summed E-state index contributed by atoms with van der Waals surface area (Å²) in [6.45, 7) is 2.04. The topological polar surface area (TPSA) is 20.3 Å². The lowest BCUT2D eigenvalue weighted by Crippen LogP contribution is -2.29. The third-order valence-electron chi connectivity index (χ3n) is 3.29. The molecule has 1 heterocycles. The molecule has 1 aromatic rings. The summed E-state index contributed by atoms with van der Waals surface area (Å²) in [4.78, 5) is 13.2. The van der Waals surface area contributed by atoms with Crippen LogP contribution in [0.15, 0.2) is 30.3 Å². The average molecular weight is 239 g/mol. The Morgan fingerprint density at radius 1 is 1.29 bits per heavy atom. The Labute approximate surface area is 99.2 Å². The number of nitrogens with zero attached hydrogens (tertiary/aromatic N) is 1. The molecule has 92 valence electrons. The number of benzene rings is 1. The number of halogens is 2. The second-order valence-corrected chi connectivity index (χ2v) is 4.43. The van der Waals surface area contributed by atoms with Gasteiger partial charge in [0.05, 0.1) is 6.04 Å². The lowest BCUT2D eigenvalue weighted by atomic mass is 10.1. The average Bonchev–Trinajstić information content (AvgIpc) is 2.72. The summed E-state index contributed by atoms with van der Waals surface area (Å²) in [7, 11) is 0. The largest absolute Gasteiger partial charge is 0.335 e. The number of alkyl halides is 2. The lowest BCUT2D eigenvalue weighted by molar-refractivity contribution is -0.129. The molecule has 0 N–H and O–H groups in total. The van der Waals surface area contributed by atoms with Gasteiger partial charge in [-0.2, -0.15) is 0 Å². The molecule has 0 bridgehead atoms. The van der Waals surface area contributed by atoms with Gasteiger partial charge in [0.1, 0.15) is 0 Å². The summed E-state index contributed by atoms with van der Waals surface area (Å²) in [6.07, 6.45) is -2.44. The van der Waals surface area contributed by atoms with Gasteiger partial charge in [-0.25, -0.2) is 8.78 Å². The maximum atomic E-state index is 12.6. The molecule has 1 unspecified atom stereocenters. The smallest absolute Gasteiger partial charge is 0.243 e. The summed E-state index contributed by atoms with van der Waals surface area (Å²) < 4.78 is 25.1. The van der Waals surface area contributed by atoms with E-state index in [4.69, 9.17) is 0 Å². The van der Waals surface area contributed by atoms with Crippen molar-refractivity contribution in [3.05, 3.63) is 35.9 Å². The van der Waals surface area contributed by atoms with Crippen LogP contribution in [0.4, 0.5) is 8.78 Å². The molecule has 2 nitrogen and oxygen atoms in total. The van der Waals surface area contributed by atoms with Gasteiger partial charge in [0.2, 0.25) is 12.3 Å². The molecule has 2 atom stereocenters. The summed E-state index contributed by atoms with van der Waals surface area (Å²) in [5, 5.41) is 0. The van der Waals surface area contributed by atoms with E-state index >= 15 is 0 Å². The van der Waals surface area contributed by atoms with Gasteiger partial charge in [-0.3, -0.25) is 4.79 Å². The van der Waals surface area contributed by atoms with Gasteiger partial charge in [0.25, 0.3) is 0 Å². The van der Waals surface area contributed by atoms with Crippen molar-refractivity contribution < 1.29 is 13.6 Å². The molecule has 1 aliphatic rings. The first-order valence-corrected chi connectivity index (χ1v) is 5.72. The molecule has 4 heteroatoms. The van der Waals surface area contributed by atoms with Crippen molar-refractivity contribution >= 4 is 5.91 Å². The number of carbonyl (C=O) groups excluding carboxylic acids is 1. The zero-order valence-electron chi connectivity index (χ0n) is 9.64. The fourth-order valence-corrected chi connectivity index (χ4v) is 2.21. The molecule has 1 amide bonds. The fraction of sp³-hybridized carbons (Fsp3) is 0.462. The minimum atomic E-state index is -2.41. The summed E-state index contributed by atoms with van der Waals surface area (Å²) in [5.41, 5.74) is 0.982. The van der Waals surface area contributed by atoms with Gasteiger partial charge >= 0.3 is 0 Å². The Balaban J connectivity index is 2.11. The van der Waals surface area contributed by atoms with Crippen LogP contribution in [0.3, 0.4) is 0 Å². The normalized spacial score (nSPS) is 22.2. The fourth-order valence-electron chi connectivity index (χ4n) is 2.21. The van der Waals surface area contributed by atoms with E-state index in [1.165, 1.54) is 0 Å². The molecule has 17 heavy (non-hydrogen) atoms. The molecule has 0 aromatic heterocycles. The Morgan fingerprint density at radius 3 is 2.47 bits per heavy atom. The van der Waals surface area contributed by atoms with Crippen LogP contribution in [0.25, 0.3) is 0 Å². The quantitative estimate of drug-likeness (QED) is 0.794. The SMILES string of the molecule is C[C@H](c1ccccc1)N1CC(C(F)F)CC1=O. The van der Waals surface area contributed by atoms with Crippen LogP contribution in [0, 0.1) is 5.92 Å². The number of amides is 1. The standard InChI is InChI=1S/C13H15F2NO/c1-9(10-5-3-2-4-6-10)16-8-11(13(14)15)7-12(16)17/h2-6,9,11,13H,7-8H2,1H3/t9-,11?/m1/s1. The first-order chi connectivity index (χ1) is 8.09. The van der Waals surface area contributed by atoms with Crippen molar-refractivity contribution in [2.75, 3.05) is 6.54 Å². The van der Waals surface area contributed by atoms with E-state index in [1.54, 1.807) is 4.90 Å². The van der Waals surface area contributed by atoms with Gasteiger partial charge in [-0.05, 0) is 12.5 Å². The van der Waals surface area contributed by atoms with Crippen LogP contribution >= 0.6 is 0 Å². The lowest BCUT2D eigenvalue weighted by Gasteiger charge is -2.25. The number of carbonyl (C=O) groups is 1. The van der Waals surface area contributed by atoms with Crippen LogP contribution in [0.2, 0.25) is 0 Å². The van der Waals surface area contributed by atoms with Gasteiger partial charge in [0.15, 0.2) is 0 Å². The van der Waals surface area contributed by atoms with Gasteiger partial charge in [-0.1, -0.05) is 30.3 Å². The number of hydrogen-bond acceptors (Lipinski definition) is 1. The van der Waals surface area contributed by atoms with Crippen molar-refractivity contribution in [3.63, 3.8) is 0 Å². The van der Waals surface area contributed by atoms with Crippen LogP contribution < -0.4 is 0 Å². The predicted octanol–water partition coefficient (Wildman–Crippen LogP) is 2.86. The van der Waals surface area contributed by atoms with Gasteiger partial charge < -0.3 is 4.90 Å². The van der Waals surface area contributed by atoms with E-state index in [9.17, 15) is 13.6 Å². The molecule has 0 radical (unpaired) electrons. The Morgan fingerprint density at radius 2 is 1.94 bits per heavy atom. The van der Waals surface area contributed by atoms with Crippen molar-refractivity contribution in [2.24, 2.45) is 5.92 Å². The number of rotatable bonds is 3. The second kappa shape index (κ2) is 4.82. The zero-order valence-corrected chi connectivity index (χ0v) is 9.64. The van der Waals surface area contributed by atoms with Crippen molar-refractivity contribution in [1.29, 1.82) is 0 Å². The summed E-state index contributed by atoms with van der Waals surface area (Å²) in [5.74, 6) is -0.986. The highest BCUT2D eigenvalue weighted by Gasteiger charge is 2.37. The molecule has 0 saturated carbocycles. The van der Waals surface area contributed by atoms with Crippen molar-refractivity contribution in [3.8, 4) is 0 Å². The Kier molecular flexibility index (Phi) is 3.41. The predicted molar refractivity (Wildman–Crippen MR) is 60.7 cm³/mol. The van der Waals surface area contributed by atoms with E-state index in [1.807, 2.05) is 37.3 Å². The van der Waals surface area contributed by atoms with E-state index < -0.39 is 12.3 Å². The summed E-state index contributed by atoms with van der Waals surface area (Å²) >= 11 is 0. The minimum absolute atomic E-state index is 0.0329. The molecule has 1 aliphatic heterocycles. The minimum Gasteiger partial charge on any atom is -0.335 e. The highest BCUT2D eigenvalue weighted by molar-refractivity contribution is 5.79. The first kappa shape index (κ1) is 12.0. The van der Waals surface area contributed by atoms with E-state index in [0.717, 1.165) is 5.56 Å². The molecule has 0 spiro atoms. The van der Waals surface area contributed by atoms with E-state index in [2.05, 4.69) is 0 Å². The van der Waals surface area contributed by atoms with Crippen LogP contribution in [-0.4, -0.2) is 23.8 Å². The monoisotopic (exact) mass is 239 g/mol. The maximum Gasteiger partial charge on any atom is 0.243 e. The van der Waals surface area contributed by atoms with Gasteiger partial charge in [-0.15, -0.1) is 0 Å². The molecule has 1 saturated heterocycles. The van der Waals surface area contributed by atoms with Crippen LogP contribution in [-0.2, 0) is 4.79 Å². The molecular formula is C13H15F2NO. The van der Waals surface area contributed by atoms with Gasteiger partial charge in [0, 0.05) is 18.9 Å². The van der Waals surface area contributed by atoms with E-state index in [-0.39, 0.29) is 24.9 Å². The van der Waals surface area contributed by atoms with E-state index in [0.29, 0.717) is 0 Å². The van der Waals surface area contributed by atoms with Crippen molar-refractivity contribution in [2.45, 2.75) is 25.8 Å². The third kappa shape index (κ3) is 2.46. The number of hydrogen-bond donors (Lipinski definition) is 0. The Bertz CT molecular complexity index is 394. The van der Waals surface area contributed by atoms with Crippen molar-refractivity contribution in [1.82, 2.24) is 4.90 Å². The molecule has 0 aliphatic carbocycles. The van der Waals surface area contributed by atoms with Crippen LogP contribution in [0.1, 0.15) is 24.9 Å². The molecule has 1 aromatic carbocycles. The maximum absolute atomic E-state index is 12.6. The molecule has 2 rings (SSSR count). The Hall–Kier alpha value is -1.45. The highest BCUT2D eigenvalue weighted by Crippen LogP contribution is 2.31. The zero-order chi connectivity index (χ0) is 12.4. The third-order valence-corrected chi connectivity index (χ3v) is 3.29. The first-order valence-electron chi connectivity index (χ1n) is 5.72. The summed E-state index contributed by atoms with van der Waals surface area (Å²) in [6, 6.07) is 9.35. The molecule has 1 fully saturated rings. The van der Waals surface area contributed by atoms with Crippen LogP contribution in [0.5, 0.6) is 0 Å². The molecular weight excluding hydrogens is 224 g/mol.